The van der Waals surface area contributed by atoms with E-state index >= 15 is 0 Å². The van der Waals surface area contributed by atoms with Crippen LogP contribution in [0.15, 0.2) is 0 Å². The van der Waals surface area contributed by atoms with Crippen molar-refractivity contribution in [1.29, 1.82) is 0 Å². The van der Waals surface area contributed by atoms with Crippen LogP contribution in [0.2, 0.25) is 0 Å². The summed E-state index contributed by atoms with van der Waals surface area (Å²) in [4.78, 5) is 2.04. The van der Waals surface area contributed by atoms with Crippen molar-refractivity contribution in [1.82, 2.24) is 4.90 Å². The molecule has 0 radical (unpaired) electrons. The van der Waals surface area contributed by atoms with Crippen molar-refractivity contribution >= 4 is 0 Å². The Hall–Kier alpha value is -0.150. The van der Waals surface area contributed by atoms with Crippen LogP contribution < -0.4 is 0 Å². The molecule has 0 aliphatic carbocycles. The maximum absolute atomic E-state index is 12.9. The first-order chi connectivity index (χ1) is 5.88. The highest BCUT2D eigenvalue weighted by Gasteiger charge is 2.30. The third kappa shape index (κ3) is 3.61. The molecule has 2 atom stereocenters. The minimum absolute atomic E-state index is 0.116. The van der Waals surface area contributed by atoms with Gasteiger partial charge in [-0.1, -0.05) is 0 Å². The number of hydrogen-bond donors (Lipinski definition) is 0. The summed E-state index contributed by atoms with van der Waals surface area (Å²) >= 11 is 0. The molecule has 1 saturated heterocycles. The van der Waals surface area contributed by atoms with Crippen molar-refractivity contribution < 1.29 is 9.13 Å². The second-order valence-corrected chi connectivity index (χ2v) is 4.85. The molecule has 0 aromatic heterocycles. The SMILES string of the molecule is CN1C[C@H](F)C[C@H]1COC(C)(C)C. The third-order valence-corrected chi connectivity index (χ3v) is 2.35. The molecule has 0 unspecified atom stereocenters. The average molecular weight is 189 g/mol. The first kappa shape index (κ1) is 10.9. The van der Waals surface area contributed by atoms with Gasteiger partial charge in [-0.15, -0.1) is 0 Å². The predicted octanol–water partition coefficient (Wildman–Crippen LogP) is 1.84. The standard InChI is InChI=1S/C10H20FNO/c1-10(2,3)13-7-9-5-8(11)6-12(9)4/h8-9H,5-7H2,1-4H3/t8-,9+/m1/s1. The van der Waals surface area contributed by atoms with E-state index in [4.69, 9.17) is 4.74 Å². The summed E-state index contributed by atoms with van der Waals surface area (Å²) in [5.41, 5.74) is -0.116. The van der Waals surface area contributed by atoms with Gasteiger partial charge in [0.25, 0.3) is 0 Å². The van der Waals surface area contributed by atoms with Gasteiger partial charge in [-0.25, -0.2) is 4.39 Å². The molecule has 0 aromatic carbocycles. The Balaban J connectivity index is 2.30. The Morgan fingerprint density at radius 3 is 2.46 bits per heavy atom. The van der Waals surface area contributed by atoms with E-state index in [0.29, 0.717) is 19.6 Å². The van der Waals surface area contributed by atoms with Gasteiger partial charge in [0.1, 0.15) is 6.17 Å². The van der Waals surface area contributed by atoms with E-state index in [9.17, 15) is 4.39 Å². The molecule has 1 aliphatic rings. The fourth-order valence-electron chi connectivity index (χ4n) is 1.55. The summed E-state index contributed by atoms with van der Waals surface area (Å²) in [6, 6.07) is 0.259. The van der Waals surface area contributed by atoms with E-state index in [2.05, 4.69) is 0 Å². The average Bonchev–Trinajstić information content (AvgIpc) is 2.24. The molecule has 78 valence electrons. The monoisotopic (exact) mass is 189 g/mol. The lowest BCUT2D eigenvalue weighted by Gasteiger charge is -2.25. The molecule has 1 rings (SSSR count). The molecule has 1 fully saturated rings. The Morgan fingerprint density at radius 1 is 1.46 bits per heavy atom. The molecular weight excluding hydrogens is 169 g/mol. The van der Waals surface area contributed by atoms with Crippen LogP contribution in [0.1, 0.15) is 27.2 Å². The van der Waals surface area contributed by atoms with Crippen LogP contribution in [-0.2, 0) is 4.74 Å². The molecule has 1 aliphatic heterocycles. The molecule has 2 nitrogen and oxygen atoms in total. The van der Waals surface area contributed by atoms with Crippen LogP contribution in [0.5, 0.6) is 0 Å². The maximum atomic E-state index is 12.9. The van der Waals surface area contributed by atoms with Crippen LogP contribution in [0.25, 0.3) is 0 Å². The number of nitrogens with zero attached hydrogens (tertiary/aromatic N) is 1. The van der Waals surface area contributed by atoms with E-state index in [1.54, 1.807) is 0 Å². The van der Waals surface area contributed by atoms with Gasteiger partial charge >= 0.3 is 0 Å². The number of halogens is 1. The summed E-state index contributed by atoms with van der Waals surface area (Å²) in [5.74, 6) is 0. The van der Waals surface area contributed by atoms with Gasteiger partial charge < -0.3 is 4.74 Å². The van der Waals surface area contributed by atoms with Crippen LogP contribution in [0, 0.1) is 0 Å². The van der Waals surface area contributed by atoms with Gasteiger partial charge in [0.15, 0.2) is 0 Å². The van der Waals surface area contributed by atoms with E-state index in [-0.39, 0.29) is 11.6 Å². The van der Waals surface area contributed by atoms with Crippen LogP contribution in [0.4, 0.5) is 4.39 Å². The molecule has 0 bridgehead atoms. The number of likely N-dealkylation sites (N-methyl/N-ethyl adjacent to an activating group) is 1. The van der Waals surface area contributed by atoms with E-state index in [0.717, 1.165) is 0 Å². The molecule has 0 saturated carbocycles. The lowest BCUT2D eigenvalue weighted by atomic mass is 10.2. The molecule has 13 heavy (non-hydrogen) atoms. The predicted molar refractivity (Wildman–Crippen MR) is 51.6 cm³/mol. The number of ether oxygens (including phenoxy) is 1. The van der Waals surface area contributed by atoms with Gasteiger partial charge in [-0.05, 0) is 34.2 Å². The lowest BCUT2D eigenvalue weighted by molar-refractivity contribution is -0.0253. The quantitative estimate of drug-likeness (QED) is 0.657. The second-order valence-electron chi connectivity index (χ2n) is 4.85. The minimum Gasteiger partial charge on any atom is -0.374 e. The van der Waals surface area contributed by atoms with Crippen molar-refractivity contribution in [2.45, 2.75) is 45.0 Å². The smallest absolute Gasteiger partial charge is 0.114 e. The Kier molecular flexibility index (Phi) is 3.30. The van der Waals surface area contributed by atoms with Crippen LogP contribution >= 0.6 is 0 Å². The highest BCUT2D eigenvalue weighted by molar-refractivity contribution is 4.83. The summed E-state index contributed by atoms with van der Waals surface area (Å²) in [5, 5.41) is 0. The van der Waals surface area contributed by atoms with Gasteiger partial charge in [0.05, 0.1) is 12.2 Å². The molecule has 0 N–H and O–H groups in total. The van der Waals surface area contributed by atoms with Crippen molar-refractivity contribution in [2.75, 3.05) is 20.2 Å². The van der Waals surface area contributed by atoms with Gasteiger partial charge in [-0.3, -0.25) is 4.90 Å². The Morgan fingerprint density at radius 2 is 2.08 bits per heavy atom. The highest BCUT2D eigenvalue weighted by atomic mass is 19.1. The van der Waals surface area contributed by atoms with E-state index in [1.807, 2.05) is 32.7 Å². The van der Waals surface area contributed by atoms with Crippen LogP contribution in [0.3, 0.4) is 0 Å². The third-order valence-electron chi connectivity index (χ3n) is 2.35. The molecular formula is C10H20FNO. The molecule has 1 heterocycles. The zero-order valence-electron chi connectivity index (χ0n) is 9.01. The molecule has 3 heteroatoms. The normalized spacial score (nSPS) is 31.2. The van der Waals surface area contributed by atoms with E-state index in [1.165, 1.54) is 0 Å². The Bertz CT molecular complexity index is 167. The number of rotatable bonds is 2. The second kappa shape index (κ2) is 3.93. The summed E-state index contributed by atoms with van der Waals surface area (Å²) in [6.07, 6.45) is -0.0504. The zero-order chi connectivity index (χ0) is 10.1. The summed E-state index contributed by atoms with van der Waals surface area (Å²) in [7, 11) is 1.95. The molecule has 0 amide bonds. The zero-order valence-corrected chi connectivity index (χ0v) is 9.01. The maximum Gasteiger partial charge on any atom is 0.114 e. The fourth-order valence-corrected chi connectivity index (χ4v) is 1.55. The van der Waals surface area contributed by atoms with Gasteiger partial charge in [0.2, 0.25) is 0 Å². The number of likely N-dealkylation sites (tertiary alicyclic amines) is 1. The topological polar surface area (TPSA) is 12.5 Å². The van der Waals surface area contributed by atoms with Gasteiger partial charge in [0, 0.05) is 12.6 Å². The minimum atomic E-state index is -0.668. The van der Waals surface area contributed by atoms with Gasteiger partial charge in [-0.2, -0.15) is 0 Å². The number of hydrogen-bond acceptors (Lipinski definition) is 2. The van der Waals surface area contributed by atoms with Crippen LogP contribution in [-0.4, -0.2) is 42.9 Å². The first-order valence-corrected chi connectivity index (χ1v) is 4.87. The molecule has 0 aromatic rings. The lowest BCUT2D eigenvalue weighted by Crippen LogP contribution is -2.33. The molecule has 0 spiro atoms. The largest absolute Gasteiger partial charge is 0.374 e. The summed E-state index contributed by atoms with van der Waals surface area (Å²) < 4.78 is 18.6. The van der Waals surface area contributed by atoms with Crippen molar-refractivity contribution in [2.24, 2.45) is 0 Å². The number of alkyl halides is 1. The van der Waals surface area contributed by atoms with Crippen molar-refractivity contribution in [3.63, 3.8) is 0 Å². The highest BCUT2D eigenvalue weighted by Crippen LogP contribution is 2.20. The summed E-state index contributed by atoms with van der Waals surface area (Å²) in [6.45, 7) is 7.26. The van der Waals surface area contributed by atoms with E-state index < -0.39 is 6.17 Å². The van der Waals surface area contributed by atoms with Crippen molar-refractivity contribution in [3.05, 3.63) is 0 Å². The Labute approximate surface area is 80.1 Å². The first-order valence-electron chi connectivity index (χ1n) is 4.87. The van der Waals surface area contributed by atoms with Crippen molar-refractivity contribution in [3.8, 4) is 0 Å². The fraction of sp³-hybridized carbons (Fsp3) is 1.00.